The molecule has 3 amide bonds. The number of nitrogens with one attached hydrogen (secondary N) is 1. The number of thiophene rings is 1. The smallest absolute Gasteiger partial charge is 0.319 e. The molecule has 1 aliphatic heterocycles. The normalized spacial score (nSPS) is 19.5. The van der Waals surface area contributed by atoms with Crippen LogP contribution in [0.3, 0.4) is 0 Å². The maximum atomic E-state index is 12.9. The van der Waals surface area contributed by atoms with Gasteiger partial charge in [0.15, 0.2) is 0 Å². The minimum Gasteiger partial charge on any atom is -0.319 e. The van der Waals surface area contributed by atoms with E-state index in [1.165, 1.54) is 33.1 Å². The molecule has 1 fully saturated rings. The van der Waals surface area contributed by atoms with Crippen molar-refractivity contribution in [3.05, 3.63) is 63.3 Å². The quantitative estimate of drug-likeness (QED) is 0.604. The van der Waals surface area contributed by atoms with Crippen LogP contribution in [0.2, 0.25) is 0 Å². The molecular weight excluding hydrogens is 390 g/mol. The Bertz CT molecular complexity index is 1010. The Kier molecular flexibility index (Phi) is 4.81. The third-order valence-corrected chi connectivity index (χ3v) is 6.69. The van der Waals surface area contributed by atoms with Crippen LogP contribution in [-0.4, -0.2) is 21.8 Å². The Hall–Kier alpha value is -2.51. The monoisotopic (exact) mass is 411 g/mol. The van der Waals surface area contributed by atoms with Crippen LogP contribution in [0.1, 0.15) is 43.5 Å². The summed E-state index contributed by atoms with van der Waals surface area (Å²) in [5, 5.41) is 9.42. The fourth-order valence-corrected chi connectivity index (χ4v) is 4.85. The Morgan fingerprint density at radius 2 is 1.89 bits per heavy atom. The Morgan fingerprint density at radius 1 is 1.14 bits per heavy atom. The molecule has 5 nitrogen and oxygen atoms in total. The number of aromatic nitrogens is 1. The highest BCUT2D eigenvalue weighted by Gasteiger charge is 2.49. The molecule has 28 heavy (non-hydrogen) atoms. The van der Waals surface area contributed by atoms with E-state index in [1.54, 1.807) is 6.92 Å². The molecule has 1 atom stereocenters. The lowest BCUT2D eigenvalue weighted by Crippen LogP contribution is -2.40. The Balaban J connectivity index is 1.52. The molecule has 0 saturated carbocycles. The molecular formula is C21H21N3O2S2. The number of nitrogens with zero attached hydrogens (tertiary/aromatic N) is 2. The molecule has 144 valence electrons. The van der Waals surface area contributed by atoms with E-state index >= 15 is 0 Å². The van der Waals surface area contributed by atoms with Crippen molar-refractivity contribution in [1.82, 2.24) is 15.2 Å². The summed E-state index contributed by atoms with van der Waals surface area (Å²) in [5.41, 5.74) is 2.84. The molecule has 2 aromatic heterocycles. The van der Waals surface area contributed by atoms with Gasteiger partial charge in [0.2, 0.25) is 0 Å². The summed E-state index contributed by atoms with van der Waals surface area (Å²) in [5.74, 6) is 0.241. The second kappa shape index (κ2) is 7.14. The molecule has 3 aromatic rings. The van der Waals surface area contributed by atoms with Crippen molar-refractivity contribution in [2.24, 2.45) is 0 Å². The highest BCUT2D eigenvalue weighted by molar-refractivity contribution is 7.13. The summed E-state index contributed by atoms with van der Waals surface area (Å²) in [7, 11) is 0. The van der Waals surface area contributed by atoms with Gasteiger partial charge < -0.3 is 5.32 Å². The van der Waals surface area contributed by atoms with Crippen LogP contribution in [-0.2, 0) is 16.9 Å². The van der Waals surface area contributed by atoms with Crippen molar-refractivity contribution in [3.8, 4) is 10.6 Å². The first-order chi connectivity index (χ1) is 13.4. The number of hydrogen-bond acceptors (Lipinski definition) is 5. The van der Waals surface area contributed by atoms with Crippen molar-refractivity contribution in [2.75, 3.05) is 0 Å². The molecule has 1 N–H and O–H groups in total. The second-order valence-electron chi connectivity index (χ2n) is 7.38. The number of thiazole rings is 1. The largest absolute Gasteiger partial charge is 0.325 e. The zero-order chi connectivity index (χ0) is 19.9. The summed E-state index contributed by atoms with van der Waals surface area (Å²) >= 11 is 3.03. The number of carbonyl (C=O) groups is 2. The highest BCUT2D eigenvalue weighted by Crippen LogP contribution is 2.32. The van der Waals surface area contributed by atoms with Gasteiger partial charge in [-0.15, -0.1) is 11.3 Å². The number of rotatable bonds is 5. The van der Waals surface area contributed by atoms with Crippen LogP contribution in [0.5, 0.6) is 0 Å². The second-order valence-corrected chi connectivity index (χ2v) is 9.02. The molecule has 1 aromatic carbocycles. The summed E-state index contributed by atoms with van der Waals surface area (Å²) in [4.78, 5) is 31.3. The van der Waals surface area contributed by atoms with Crippen molar-refractivity contribution >= 4 is 34.6 Å². The molecule has 1 aliphatic rings. The van der Waals surface area contributed by atoms with E-state index < -0.39 is 5.54 Å². The molecule has 7 heteroatoms. The SMILES string of the molecule is CC(C)c1ccc(-c2nc(CN3C(=O)NC(C)(c4ccsc4)C3=O)cs2)cc1. The number of benzene rings is 1. The van der Waals surface area contributed by atoms with Crippen LogP contribution in [0.15, 0.2) is 46.5 Å². The Morgan fingerprint density at radius 3 is 2.54 bits per heavy atom. The Labute approximate surface area is 172 Å². The highest BCUT2D eigenvalue weighted by atomic mass is 32.1. The summed E-state index contributed by atoms with van der Waals surface area (Å²) in [6.07, 6.45) is 0. The summed E-state index contributed by atoms with van der Waals surface area (Å²) in [6.45, 7) is 6.25. The molecule has 4 rings (SSSR count). The molecule has 0 spiro atoms. The van der Waals surface area contributed by atoms with Crippen LogP contribution < -0.4 is 5.32 Å². The third-order valence-electron chi connectivity index (χ3n) is 5.07. The van der Waals surface area contributed by atoms with Crippen LogP contribution >= 0.6 is 22.7 Å². The average Bonchev–Trinajstić information content (AvgIpc) is 3.41. The van der Waals surface area contributed by atoms with Gasteiger partial charge in [-0.1, -0.05) is 38.1 Å². The van der Waals surface area contributed by atoms with Gasteiger partial charge in [0.1, 0.15) is 10.5 Å². The minimum absolute atomic E-state index is 0.172. The fraction of sp³-hybridized carbons (Fsp3) is 0.286. The van der Waals surface area contributed by atoms with Crippen molar-refractivity contribution in [1.29, 1.82) is 0 Å². The predicted octanol–water partition coefficient (Wildman–Crippen LogP) is 4.96. The summed E-state index contributed by atoms with van der Waals surface area (Å²) in [6, 6.07) is 9.86. The molecule has 0 radical (unpaired) electrons. The molecule has 1 unspecified atom stereocenters. The van der Waals surface area contributed by atoms with Gasteiger partial charge in [0, 0.05) is 10.9 Å². The van der Waals surface area contributed by atoms with Crippen molar-refractivity contribution in [2.45, 2.75) is 38.8 Å². The lowest BCUT2D eigenvalue weighted by Gasteiger charge is -2.20. The van der Waals surface area contributed by atoms with E-state index in [9.17, 15) is 9.59 Å². The van der Waals surface area contributed by atoms with Gasteiger partial charge in [-0.3, -0.25) is 9.69 Å². The zero-order valence-corrected chi connectivity index (χ0v) is 17.6. The van der Waals surface area contributed by atoms with Gasteiger partial charge in [-0.2, -0.15) is 11.3 Å². The standard InChI is InChI=1S/C21H21N3O2S2/c1-13(2)14-4-6-15(7-5-14)18-22-17(12-28-18)10-24-19(25)21(3,23-20(24)26)16-8-9-27-11-16/h4-9,11-13H,10H2,1-3H3,(H,23,26). The number of amides is 3. The fourth-order valence-electron chi connectivity index (χ4n) is 3.27. The van der Waals surface area contributed by atoms with Crippen LogP contribution in [0, 0.1) is 0 Å². The van der Waals surface area contributed by atoms with Crippen molar-refractivity contribution < 1.29 is 9.59 Å². The third kappa shape index (κ3) is 3.25. The maximum absolute atomic E-state index is 12.9. The van der Waals surface area contributed by atoms with Gasteiger partial charge in [-0.25, -0.2) is 9.78 Å². The average molecular weight is 412 g/mol. The lowest BCUT2D eigenvalue weighted by molar-refractivity contribution is -0.131. The molecule has 3 heterocycles. The van der Waals surface area contributed by atoms with E-state index in [-0.39, 0.29) is 18.5 Å². The first-order valence-electron chi connectivity index (χ1n) is 9.10. The van der Waals surface area contributed by atoms with Gasteiger partial charge in [0.05, 0.1) is 12.2 Å². The number of carbonyl (C=O) groups excluding carboxylic acids is 2. The summed E-state index contributed by atoms with van der Waals surface area (Å²) < 4.78 is 0. The van der Waals surface area contributed by atoms with Gasteiger partial charge >= 0.3 is 6.03 Å². The van der Waals surface area contributed by atoms with Gasteiger partial charge in [0.25, 0.3) is 5.91 Å². The van der Waals surface area contributed by atoms with E-state index in [0.717, 1.165) is 16.1 Å². The zero-order valence-electron chi connectivity index (χ0n) is 15.9. The van der Waals surface area contributed by atoms with E-state index in [1.807, 2.05) is 22.2 Å². The number of hydrogen-bond donors (Lipinski definition) is 1. The van der Waals surface area contributed by atoms with Crippen LogP contribution in [0.25, 0.3) is 10.6 Å². The first kappa shape index (κ1) is 18.8. The van der Waals surface area contributed by atoms with Crippen LogP contribution in [0.4, 0.5) is 4.79 Å². The molecule has 0 bridgehead atoms. The predicted molar refractivity (Wildman–Crippen MR) is 112 cm³/mol. The molecule has 1 saturated heterocycles. The topological polar surface area (TPSA) is 62.3 Å². The van der Waals surface area contributed by atoms with E-state index in [2.05, 4.69) is 48.4 Å². The van der Waals surface area contributed by atoms with E-state index in [4.69, 9.17) is 0 Å². The lowest BCUT2D eigenvalue weighted by atomic mass is 9.95. The number of urea groups is 1. The minimum atomic E-state index is -1.01. The van der Waals surface area contributed by atoms with Crippen molar-refractivity contribution in [3.63, 3.8) is 0 Å². The number of imide groups is 1. The van der Waals surface area contributed by atoms with Gasteiger partial charge in [-0.05, 0) is 40.8 Å². The molecule has 0 aliphatic carbocycles. The van der Waals surface area contributed by atoms with E-state index in [0.29, 0.717) is 11.6 Å². The first-order valence-corrected chi connectivity index (χ1v) is 10.9. The maximum Gasteiger partial charge on any atom is 0.325 e.